The third-order valence-corrected chi connectivity index (χ3v) is 2.43. The standard InChI is InChI=1S/C11H13BO4/c1-14-11(13)9-3-5-10(6-4-9)12-15-7-2-8-16-12/h3-6H,2,7-8H2,1H3. The van der Waals surface area contributed by atoms with Crippen molar-refractivity contribution in [2.24, 2.45) is 0 Å². The van der Waals surface area contributed by atoms with Crippen molar-refractivity contribution in [2.45, 2.75) is 6.42 Å². The first-order valence-corrected chi connectivity index (χ1v) is 5.23. The van der Waals surface area contributed by atoms with E-state index in [9.17, 15) is 4.79 Å². The van der Waals surface area contributed by atoms with E-state index >= 15 is 0 Å². The summed E-state index contributed by atoms with van der Waals surface area (Å²) >= 11 is 0. The molecular weight excluding hydrogens is 207 g/mol. The van der Waals surface area contributed by atoms with Crippen molar-refractivity contribution in [3.63, 3.8) is 0 Å². The van der Waals surface area contributed by atoms with Crippen LogP contribution in [-0.4, -0.2) is 33.4 Å². The summed E-state index contributed by atoms with van der Waals surface area (Å²) in [5.74, 6) is -0.336. The summed E-state index contributed by atoms with van der Waals surface area (Å²) in [7, 11) is 1.06. The van der Waals surface area contributed by atoms with Crippen LogP contribution in [0.1, 0.15) is 16.8 Å². The number of ether oxygens (including phenoxy) is 1. The molecule has 1 aromatic rings. The molecule has 0 bridgehead atoms. The van der Waals surface area contributed by atoms with E-state index in [1.165, 1.54) is 7.11 Å². The van der Waals surface area contributed by atoms with Gasteiger partial charge in [0.1, 0.15) is 0 Å². The van der Waals surface area contributed by atoms with E-state index < -0.39 is 0 Å². The fourth-order valence-corrected chi connectivity index (χ4v) is 1.57. The Kier molecular flexibility index (Phi) is 3.59. The van der Waals surface area contributed by atoms with Gasteiger partial charge in [-0.05, 0) is 24.0 Å². The Balaban J connectivity index is 2.09. The molecule has 0 aromatic heterocycles. The van der Waals surface area contributed by atoms with Crippen LogP contribution in [0.25, 0.3) is 0 Å². The number of carbonyl (C=O) groups excluding carboxylic acids is 1. The van der Waals surface area contributed by atoms with Crippen molar-refractivity contribution in [1.29, 1.82) is 0 Å². The molecule has 5 heteroatoms. The second-order valence-corrected chi connectivity index (χ2v) is 3.54. The van der Waals surface area contributed by atoms with Gasteiger partial charge in [0.15, 0.2) is 0 Å². The summed E-state index contributed by atoms with van der Waals surface area (Å²) in [6.07, 6.45) is 0.927. The molecular formula is C11H13BO4. The van der Waals surface area contributed by atoms with Gasteiger partial charge in [0.2, 0.25) is 0 Å². The van der Waals surface area contributed by atoms with Gasteiger partial charge in [0.25, 0.3) is 0 Å². The van der Waals surface area contributed by atoms with Crippen molar-refractivity contribution in [3.8, 4) is 0 Å². The van der Waals surface area contributed by atoms with Crippen LogP contribution in [0.3, 0.4) is 0 Å². The smallest absolute Gasteiger partial charge is 0.465 e. The highest BCUT2D eigenvalue weighted by Crippen LogP contribution is 2.04. The van der Waals surface area contributed by atoms with Crippen molar-refractivity contribution in [3.05, 3.63) is 29.8 Å². The van der Waals surface area contributed by atoms with Crippen LogP contribution in [0.4, 0.5) is 0 Å². The van der Waals surface area contributed by atoms with Crippen LogP contribution in [0.5, 0.6) is 0 Å². The first kappa shape index (κ1) is 11.2. The van der Waals surface area contributed by atoms with Gasteiger partial charge in [0, 0.05) is 13.2 Å². The Labute approximate surface area is 94.6 Å². The lowest BCUT2D eigenvalue weighted by atomic mass is 9.78. The normalized spacial score (nSPS) is 15.9. The Morgan fingerprint density at radius 3 is 2.44 bits per heavy atom. The predicted octanol–water partition coefficient (Wildman–Crippen LogP) is 0.605. The van der Waals surface area contributed by atoms with Crippen molar-refractivity contribution < 1.29 is 18.8 Å². The van der Waals surface area contributed by atoms with Gasteiger partial charge in [-0.3, -0.25) is 0 Å². The van der Waals surface area contributed by atoms with Crippen LogP contribution in [0, 0.1) is 0 Å². The maximum absolute atomic E-state index is 11.2. The van der Waals surface area contributed by atoms with Gasteiger partial charge in [-0.25, -0.2) is 4.79 Å². The predicted molar refractivity (Wildman–Crippen MR) is 59.7 cm³/mol. The molecule has 1 saturated heterocycles. The van der Waals surface area contributed by atoms with Crippen LogP contribution < -0.4 is 5.46 Å². The summed E-state index contributed by atoms with van der Waals surface area (Å²) in [6.45, 7) is 1.42. The molecule has 1 aliphatic heterocycles. The molecule has 0 N–H and O–H groups in total. The zero-order valence-corrected chi connectivity index (χ0v) is 9.14. The van der Waals surface area contributed by atoms with Crippen LogP contribution in [0.2, 0.25) is 0 Å². The number of rotatable bonds is 2. The van der Waals surface area contributed by atoms with Crippen molar-refractivity contribution in [2.75, 3.05) is 20.3 Å². The number of carbonyl (C=O) groups is 1. The molecule has 0 radical (unpaired) electrons. The van der Waals surface area contributed by atoms with Crippen LogP contribution >= 0.6 is 0 Å². The van der Waals surface area contributed by atoms with E-state index in [4.69, 9.17) is 9.31 Å². The zero-order chi connectivity index (χ0) is 11.4. The second-order valence-electron chi connectivity index (χ2n) is 3.54. The average Bonchev–Trinajstić information content (AvgIpc) is 2.39. The van der Waals surface area contributed by atoms with Gasteiger partial charge in [-0.15, -0.1) is 0 Å². The van der Waals surface area contributed by atoms with E-state index in [1.807, 2.05) is 12.1 Å². The number of hydrogen-bond acceptors (Lipinski definition) is 4. The molecule has 16 heavy (non-hydrogen) atoms. The number of hydrogen-bond donors (Lipinski definition) is 0. The molecule has 0 spiro atoms. The fraction of sp³-hybridized carbons (Fsp3) is 0.364. The summed E-state index contributed by atoms with van der Waals surface area (Å²) in [4.78, 5) is 11.2. The highest BCUT2D eigenvalue weighted by Gasteiger charge is 2.24. The van der Waals surface area contributed by atoms with Gasteiger partial charge >= 0.3 is 13.1 Å². The Morgan fingerprint density at radius 1 is 1.25 bits per heavy atom. The first-order valence-electron chi connectivity index (χ1n) is 5.23. The van der Waals surface area contributed by atoms with Gasteiger partial charge < -0.3 is 14.0 Å². The van der Waals surface area contributed by atoms with Gasteiger partial charge in [-0.1, -0.05) is 12.1 Å². The lowest BCUT2D eigenvalue weighted by Gasteiger charge is -2.19. The highest BCUT2D eigenvalue weighted by molar-refractivity contribution is 6.61. The number of benzene rings is 1. The Morgan fingerprint density at radius 2 is 1.88 bits per heavy atom. The summed E-state index contributed by atoms with van der Waals surface area (Å²) in [5.41, 5.74) is 1.45. The molecule has 1 heterocycles. The summed E-state index contributed by atoms with van der Waals surface area (Å²) < 4.78 is 15.5. The topological polar surface area (TPSA) is 44.8 Å². The zero-order valence-electron chi connectivity index (χ0n) is 9.14. The number of esters is 1. The minimum atomic E-state index is -0.336. The third kappa shape index (κ3) is 2.43. The quantitative estimate of drug-likeness (QED) is 0.540. The van der Waals surface area contributed by atoms with Crippen LogP contribution in [0.15, 0.2) is 24.3 Å². The fourth-order valence-electron chi connectivity index (χ4n) is 1.57. The maximum atomic E-state index is 11.2. The first-order chi connectivity index (χ1) is 7.81. The van der Waals surface area contributed by atoms with E-state index in [1.54, 1.807) is 12.1 Å². The lowest BCUT2D eigenvalue weighted by Crippen LogP contribution is -2.40. The van der Waals surface area contributed by atoms with Crippen molar-refractivity contribution >= 4 is 18.6 Å². The molecule has 2 rings (SSSR count). The highest BCUT2D eigenvalue weighted by atomic mass is 16.6. The molecule has 84 valence electrons. The van der Waals surface area contributed by atoms with E-state index in [0.717, 1.165) is 11.9 Å². The Hall–Kier alpha value is -1.33. The maximum Gasteiger partial charge on any atom is 0.493 e. The number of methoxy groups -OCH3 is 1. The molecule has 0 amide bonds. The molecule has 1 aliphatic rings. The lowest BCUT2D eigenvalue weighted by molar-refractivity contribution is 0.0600. The largest absolute Gasteiger partial charge is 0.493 e. The van der Waals surface area contributed by atoms with Gasteiger partial charge in [0.05, 0.1) is 12.7 Å². The van der Waals surface area contributed by atoms with E-state index in [2.05, 4.69) is 4.74 Å². The summed E-state index contributed by atoms with van der Waals surface area (Å²) in [5, 5.41) is 0. The van der Waals surface area contributed by atoms with E-state index in [-0.39, 0.29) is 13.1 Å². The molecule has 0 aliphatic carbocycles. The molecule has 0 saturated carbocycles. The van der Waals surface area contributed by atoms with Crippen LogP contribution in [-0.2, 0) is 14.0 Å². The third-order valence-electron chi connectivity index (χ3n) is 2.43. The minimum Gasteiger partial charge on any atom is -0.465 e. The molecule has 0 unspecified atom stereocenters. The molecule has 1 aromatic carbocycles. The molecule has 4 nitrogen and oxygen atoms in total. The molecule has 0 atom stereocenters. The monoisotopic (exact) mass is 220 g/mol. The Bertz CT molecular complexity index is 357. The second kappa shape index (κ2) is 5.14. The van der Waals surface area contributed by atoms with Gasteiger partial charge in [-0.2, -0.15) is 0 Å². The minimum absolute atomic E-state index is 0.305. The SMILES string of the molecule is COC(=O)c1ccc(B2OCCCO2)cc1. The summed E-state index contributed by atoms with van der Waals surface area (Å²) in [6, 6.07) is 7.06. The average molecular weight is 220 g/mol. The molecule has 1 fully saturated rings. The van der Waals surface area contributed by atoms with Crippen molar-refractivity contribution in [1.82, 2.24) is 0 Å². The van der Waals surface area contributed by atoms with E-state index in [0.29, 0.717) is 18.8 Å².